The van der Waals surface area contributed by atoms with Crippen LogP contribution >= 0.6 is 11.6 Å². The summed E-state index contributed by atoms with van der Waals surface area (Å²) in [6.45, 7) is 0.453. The molecule has 0 saturated heterocycles. The van der Waals surface area contributed by atoms with Crippen molar-refractivity contribution in [2.24, 2.45) is 0 Å². The second-order valence-electron chi connectivity index (χ2n) is 9.35. The Kier molecular flexibility index (Phi) is 6.87. The number of nitrogens with zero attached hydrogens (tertiary/aromatic N) is 1. The summed E-state index contributed by atoms with van der Waals surface area (Å²) < 4.78 is 15.4. The van der Waals surface area contributed by atoms with E-state index >= 15 is 4.39 Å². The SMILES string of the molecule is O=C(NCCc1ccccc1)[C@@H]1c2ccccc2C(=O)N(C2CCCC2)[C@H]1c1ccc(Cl)cc1F. The van der Waals surface area contributed by atoms with Crippen LogP contribution < -0.4 is 5.32 Å². The van der Waals surface area contributed by atoms with Crippen molar-refractivity contribution in [2.45, 2.75) is 50.1 Å². The molecule has 1 N–H and O–H groups in total. The fraction of sp³-hybridized carbons (Fsp3) is 0.310. The zero-order chi connectivity index (χ0) is 24.4. The quantitative estimate of drug-likeness (QED) is 0.456. The van der Waals surface area contributed by atoms with Gasteiger partial charge in [0.2, 0.25) is 5.91 Å². The molecule has 180 valence electrons. The molecule has 0 bridgehead atoms. The highest BCUT2D eigenvalue weighted by Crippen LogP contribution is 2.46. The summed E-state index contributed by atoms with van der Waals surface area (Å²) >= 11 is 6.05. The summed E-state index contributed by atoms with van der Waals surface area (Å²) in [7, 11) is 0. The van der Waals surface area contributed by atoms with Crippen LogP contribution in [0.1, 0.15) is 64.7 Å². The van der Waals surface area contributed by atoms with E-state index in [1.165, 1.54) is 6.07 Å². The Bertz CT molecular complexity index is 1230. The Morgan fingerprint density at radius 3 is 2.43 bits per heavy atom. The number of benzene rings is 3. The van der Waals surface area contributed by atoms with Gasteiger partial charge in [-0.25, -0.2) is 4.39 Å². The summed E-state index contributed by atoms with van der Waals surface area (Å²) in [6.07, 6.45) is 4.41. The van der Waals surface area contributed by atoms with Crippen molar-refractivity contribution in [3.05, 3.63) is 106 Å². The molecule has 1 aliphatic heterocycles. The van der Waals surface area contributed by atoms with Gasteiger partial charge in [0.05, 0.1) is 12.0 Å². The van der Waals surface area contributed by atoms with E-state index in [0.717, 1.165) is 31.2 Å². The number of rotatable bonds is 6. The normalized spacial score (nSPS) is 20.1. The molecule has 35 heavy (non-hydrogen) atoms. The number of hydrogen-bond donors (Lipinski definition) is 1. The lowest BCUT2D eigenvalue weighted by Crippen LogP contribution is -2.51. The average molecular weight is 491 g/mol. The average Bonchev–Trinajstić information content (AvgIpc) is 3.39. The molecular formula is C29H28ClFN2O2. The third-order valence-corrected chi connectivity index (χ3v) is 7.45. The van der Waals surface area contributed by atoms with E-state index in [0.29, 0.717) is 29.7 Å². The zero-order valence-corrected chi connectivity index (χ0v) is 20.2. The van der Waals surface area contributed by atoms with Crippen LogP contribution in [0.3, 0.4) is 0 Å². The van der Waals surface area contributed by atoms with Gasteiger partial charge in [-0.15, -0.1) is 0 Å². The molecule has 0 spiro atoms. The molecule has 2 atom stereocenters. The highest BCUT2D eigenvalue weighted by Gasteiger charge is 2.47. The fourth-order valence-electron chi connectivity index (χ4n) is 5.57. The Morgan fingerprint density at radius 1 is 0.971 bits per heavy atom. The van der Waals surface area contributed by atoms with Gasteiger partial charge in [0, 0.05) is 28.7 Å². The number of nitrogens with one attached hydrogen (secondary N) is 1. The largest absolute Gasteiger partial charge is 0.355 e. The molecule has 1 saturated carbocycles. The second-order valence-corrected chi connectivity index (χ2v) is 9.79. The van der Waals surface area contributed by atoms with Crippen molar-refractivity contribution in [2.75, 3.05) is 6.54 Å². The Hall–Kier alpha value is -3.18. The first-order chi connectivity index (χ1) is 17.0. The van der Waals surface area contributed by atoms with Crippen LogP contribution in [0.25, 0.3) is 0 Å². The van der Waals surface area contributed by atoms with E-state index in [4.69, 9.17) is 11.6 Å². The number of carbonyl (C=O) groups is 2. The van der Waals surface area contributed by atoms with Gasteiger partial charge >= 0.3 is 0 Å². The van der Waals surface area contributed by atoms with Crippen molar-refractivity contribution in [3.8, 4) is 0 Å². The van der Waals surface area contributed by atoms with Crippen LogP contribution in [0.4, 0.5) is 4.39 Å². The summed E-state index contributed by atoms with van der Waals surface area (Å²) in [4.78, 5) is 29.3. The Morgan fingerprint density at radius 2 is 1.69 bits per heavy atom. The van der Waals surface area contributed by atoms with Crippen LogP contribution in [0.15, 0.2) is 72.8 Å². The van der Waals surface area contributed by atoms with Crippen LogP contribution in [0, 0.1) is 5.82 Å². The standard InChI is InChI=1S/C29H28ClFN2O2/c30-20-14-15-24(25(31)18-20)27-26(28(34)32-17-16-19-8-2-1-3-9-19)22-12-6-7-13-23(22)29(35)33(27)21-10-4-5-11-21/h1-3,6-9,12-15,18,21,26-27H,4-5,10-11,16-17H2,(H,32,34)/t26-,27+/m1/s1. The summed E-state index contributed by atoms with van der Waals surface area (Å²) in [5, 5.41) is 3.36. The van der Waals surface area contributed by atoms with Crippen LogP contribution in [0.5, 0.6) is 0 Å². The van der Waals surface area contributed by atoms with Gasteiger partial charge in [-0.1, -0.05) is 79.0 Å². The van der Waals surface area contributed by atoms with Gasteiger partial charge < -0.3 is 10.2 Å². The number of carbonyl (C=O) groups excluding carboxylic acids is 2. The molecule has 5 rings (SSSR count). The van der Waals surface area contributed by atoms with E-state index in [1.807, 2.05) is 48.5 Å². The molecule has 6 heteroatoms. The van der Waals surface area contributed by atoms with Gasteiger partial charge in [0.1, 0.15) is 5.82 Å². The van der Waals surface area contributed by atoms with E-state index in [2.05, 4.69) is 5.32 Å². The van der Waals surface area contributed by atoms with Crippen molar-refractivity contribution in [1.82, 2.24) is 10.2 Å². The topological polar surface area (TPSA) is 49.4 Å². The number of hydrogen-bond acceptors (Lipinski definition) is 2. The maximum Gasteiger partial charge on any atom is 0.254 e. The zero-order valence-electron chi connectivity index (χ0n) is 19.4. The molecular weight excluding hydrogens is 463 g/mol. The maximum absolute atomic E-state index is 15.4. The van der Waals surface area contributed by atoms with Crippen LogP contribution in [-0.2, 0) is 11.2 Å². The summed E-state index contributed by atoms with van der Waals surface area (Å²) in [6, 6.07) is 20.9. The van der Waals surface area contributed by atoms with E-state index in [9.17, 15) is 9.59 Å². The third-order valence-electron chi connectivity index (χ3n) is 7.21. The smallest absolute Gasteiger partial charge is 0.254 e. The molecule has 3 aromatic carbocycles. The van der Waals surface area contributed by atoms with E-state index in [1.54, 1.807) is 23.1 Å². The lowest BCUT2D eigenvalue weighted by Gasteiger charge is -2.45. The number of amides is 2. The molecule has 0 radical (unpaired) electrons. The van der Waals surface area contributed by atoms with Crippen molar-refractivity contribution in [3.63, 3.8) is 0 Å². The summed E-state index contributed by atoms with van der Waals surface area (Å²) in [5.41, 5.74) is 2.61. The monoisotopic (exact) mass is 490 g/mol. The molecule has 0 aromatic heterocycles. The minimum atomic E-state index is -0.741. The van der Waals surface area contributed by atoms with E-state index in [-0.39, 0.29) is 22.9 Å². The number of fused-ring (bicyclic) bond motifs is 1. The highest BCUT2D eigenvalue weighted by molar-refractivity contribution is 6.30. The first-order valence-corrected chi connectivity index (χ1v) is 12.6. The maximum atomic E-state index is 15.4. The van der Waals surface area contributed by atoms with Gasteiger partial charge in [-0.2, -0.15) is 0 Å². The van der Waals surface area contributed by atoms with Crippen molar-refractivity contribution in [1.29, 1.82) is 0 Å². The third kappa shape index (κ3) is 4.70. The predicted octanol–water partition coefficient (Wildman–Crippen LogP) is 6.06. The molecule has 2 amide bonds. The molecule has 4 nitrogen and oxygen atoms in total. The second kappa shape index (κ2) is 10.2. The van der Waals surface area contributed by atoms with Gasteiger partial charge in [0.25, 0.3) is 5.91 Å². The predicted molar refractivity (Wildman–Crippen MR) is 135 cm³/mol. The van der Waals surface area contributed by atoms with Gasteiger partial charge in [-0.05, 0) is 48.6 Å². The minimum Gasteiger partial charge on any atom is -0.355 e. The van der Waals surface area contributed by atoms with Gasteiger partial charge in [-0.3, -0.25) is 9.59 Å². The molecule has 3 aromatic rings. The lowest BCUT2D eigenvalue weighted by molar-refractivity contribution is -0.124. The van der Waals surface area contributed by atoms with Crippen LogP contribution in [0.2, 0.25) is 5.02 Å². The summed E-state index contributed by atoms with van der Waals surface area (Å²) in [5.74, 6) is -1.57. The van der Waals surface area contributed by atoms with Gasteiger partial charge in [0.15, 0.2) is 0 Å². The minimum absolute atomic E-state index is 0.0319. The van der Waals surface area contributed by atoms with E-state index < -0.39 is 17.8 Å². The molecule has 0 unspecified atom stereocenters. The number of halogens is 2. The lowest BCUT2D eigenvalue weighted by atomic mass is 9.78. The van der Waals surface area contributed by atoms with Crippen molar-refractivity contribution < 1.29 is 14.0 Å². The highest BCUT2D eigenvalue weighted by atomic mass is 35.5. The molecule has 1 aliphatic carbocycles. The Balaban J connectivity index is 1.55. The first-order valence-electron chi connectivity index (χ1n) is 12.2. The molecule has 2 aliphatic rings. The molecule has 1 heterocycles. The van der Waals surface area contributed by atoms with Crippen LogP contribution in [-0.4, -0.2) is 29.3 Å². The van der Waals surface area contributed by atoms with Crippen molar-refractivity contribution >= 4 is 23.4 Å². The Labute approximate surface area is 210 Å². The fourth-order valence-corrected chi connectivity index (χ4v) is 5.73. The molecule has 1 fully saturated rings. The first kappa shape index (κ1) is 23.6.